The highest BCUT2D eigenvalue weighted by atomic mass is 16.2. The molecule has 2 amide bonds. The summed E-state index contributed by atoms with van der Waals surface area (Å²) in [5.74, 6) is 1.13. The van der Waals surface area contributed by atoms with Crippen molar-refractivity contribution in [2.45, 2.75) is 39.7 Å². The van der Waals surface area contributed by atoms with E-state index in [-0.39, 0.29) is 17.9 Å². The van der Waals surface area contributed by atoms with Crippen LogP contribution in [0, 0.1) is 5.92 Å². The highest BCUT2D eigenvalue weighted by Crippen LogP contribution is 2.18. The zero-order chi connectivity index (χ0) is 14.7. The lowest BCUT2D eigenvalue weighted by Crippen LogP contribution is -2.56. The fourth-order valence-corrected chi connectivity index (χ4v) is 3.07. The number of amides is 2. The number of hydrogen-bond donors (Lipinski definition) is 0. The molecule has 1 atom stereocenters. The Morgan fingerprint density at radius 1 is 0.950 bits per heavy atom. The molecule has 0 aromatic rings. The summed E-state index contributed by atoms with van der Waals surface area (Å²) in [4.78, 5) is 29.9. The van der Waals surface area contributed by atoms with Crippen LogP contribution in [0.3, 0.4) is 0 Å². The van der Waals surface area contributed by atoms with Crippen LogP contribution in [0.25, 0.3) is 0 Å². The zero-order valence-electron chi connectivity index (χ0n) is 13.0. The van der Waals surface area contributed by atoms with Crippen LogP contribution in [0.4, 0.5) is 0 Å². The molecule has 20 heavy (non-hydrogen) atoms. The largest absolute Gasteiger partial charge is 0.341 e. The molecule has 0 saturated carbocycles. The topological polar surface area (TPSA) is 43.9 Å². The van der Waals surface area contributed by atoms with Gasteiger partial charge in [0.1, 0.15) is 0 Å². The van der Waals surface area contributed by atoms with Gasteiger partial charge in [-0.25, -0.2) is 0 Å². The number of carbonyl (C=O) groups is 2. The highest BCUT2D eigenvalue weighted by Gasteiger charge is 2.30. The molecule has 2 aliphatic heterocycles. The van der Waals surface area contributed by atoms with E-state index in [1.54, 1.807) is 6.92 Å². The number of likely N-dealkylation sites (tertiary alicyclic amines) is 1. The second-order valence-corrected chi connectivity index (χ2v) is 6.23. The van der Waals surface area contributed by atoms with Gasteiger partial charge in [0.05, 0.1) is 6.04 Å². The predicted octanol–water partition coefficient (Wildman–Crippen LogP) is 0.798. The van der Waals surface area contributed by atoms with Crippen LogP contribution in [0.2, 0.25) is 0 Å². The minimum Gasteiger partial charge on any atom is -0.341 e. The number of piperazine rings is 1. The van der Waals surface area contributed by atoms with Crippen molar-refractivity contribution < 1.29 is 9.59 Å². The Morgan fingerprint density at radius 2 is 1.50 bits per heavy atom. The van der Waals surface area contributed by atoms with E-state index in [9.17, 15) is 9.59 Å². The van der Waals surface area contributed by atoms with Gasteiger partial charge >= 0.3 is 0 Å². The van der Waals surface area contributed by atoms with Crippen molar-refractivity contribution in [1.82, 2.24) is 14.7 Å². The van der Waals surface area contributed by atoms with Crippen molar-refractivity contribution in [2.75, 3.05) is 39.3 Å². The fourth-order valence-electron chi connectivity index (χ4n) is 3.07. The van der Waals surface area contributed by atoms with Crippen LogP contribution in [0.15, 0.2) is 0 Å². The Balaban J connectivity index is 1.83. The highest BCUT2D eigenvalue weighted by molar-refractivity contribution is 5.81. The molecule has 2 rings (SSSR count). The molecule has 1 unspecified atom stereocenters. The molecule has 114 valence electrons. The molecule has 0 aromatic carbocycles. The summed E-state index contributed by atoms with van der Waals surface area (Å²) in [5, 5.41) is 0. The second kappa shape index (κ2) is 6.57. The van der Waals surface area contributed by atoms with Gasteiger partial charge in [0.25, 0.3) is 0 Å². The first-order valence-electron chi connectivity index (χ1n) is 7.77. The number of rotatable bonds is 2. The Labute approximate surface area is 121 Å². The van der Waals surface area contributed by atoms with Crippen LogP contribution in [-0.2, 0) is 9.59 Å². The number of carbonyl (C=O) groups excluding carboxylic acids is 2. The van der Waals surface area contributed by atoms with E-state index in [0.717, 1.165) is 58.0 Å². The molecule has 5 heteroatoms. The molecule has 5 nitrogen and oxygen atoms in total. The third-order valence-corrected chi connectivity index (χ3v) is 4.76. The first kappa shape index (κ1) is 15.3. The summed E-state index contributed by atoms with van der Waals surface area (Å²) < 4.78 is 0. The molecule has 0 aliphatic carbocycles. The molecular formula is C15H27N3O2. The summed E-state index contributed by atoms with van der Waals surface area (Å²) in [6.07, 6.45) is 2.24. The Kier molecular flexibility index (Phi) is 5.02. The van der Waals surface area contributed by atoms with E-state index in [4.69, 9.17) is 0 Å². The smallest absolute Gasteiger partial charge is 0.239 e. The Bertz CT molecular complexity index is 356. The quantitative estimate of drug-likeness (QED) is 0.752. The lowest BCUT2D eigenvalue weighted by atomic mass is 9.98. The number of nitrogens with zero attached hydrogens (tertiary/aromatic N) is 3. The Morgan fingerprint density at radius 3 is 2.00 bits per heavy atom. The number of hydrogen-bond acceptors (Lipinski definition) is 3. The molecular weight excluding hydrogens is 254 g/mol. The van der Waals surface area contributed by atoms with Gasteiger partial charge in [-0.1, -0.05) is 6.92 Å². The van der Waals surface area contributed by atoms with E-state index < -0.39 is 0 Å². The molecule has 0 N–H and O–H groups in total. The maximum atomic E-state index is 12.5. The predicted molar refractivity (Wildman–Crippen MR) is 78.3 cm³/mol. The third kappa shape index (κ3) is 3.51. The van der Waals surface area contributed by atoms with E-state index in [2.05, 4.69) is 11.8 Å². The van der Waals surface area contributed by atoms with E-state index in [1.807, 2.05) is 16.7 Å². The van der Waals surface area contributed by atoms with Crippen molar-refractivity contribution in [3.63, 3.8) is 0 Å². The van der Waals surface area contributed by atoms with E-state index in [1.165, 1.54) is 0 Å². The molecule has 0 spiro atoms. The zero-order valence-corrected chi connectivity index (χ0v) is 13.0. The second-order valence-electron chi connectivity index (χ2n) is 6.23. The van der Waals surface area contributed by atoms with Crippen molar-refractivity contribution in [2.24, 2.45) is 5.92 Å². The van der Waals surface area contributed by atoms with Crippen LogP contribution in [0.1, 0.15) is 33.6 Å². The van der Waals surface area contributed by atoms with Crippen LogP contribution in [-0.4, -0.2) is 71.8 Å². The lowest BCUT2D eigenvalue weighted by molar-refractivity contribution is -0.139. The average molecular weight is 281 g/mol. The summed E-state index contributed by atoms with van der Waals surface area (Å²) in [5.41, 5.74) is 0. The molecule has 0 bridgehead atoms. The van der Waals surface area contributed by atoms with Crippen molar-refractivity contribution >= 4 is 11.8 Å². The van der Waals surface area contributed by atoms with Gasteiger partial charge in [0.15, 0.2) is 0 Å². The summed E-state index contributed by atoms with van der Waals surface area (Å²) in [6.45, 7) is 10.8. The standard InChI is InChI=1S/C15H27N3O2/c1-12-4-6-18(7-5-12)15(20)13(2)16-8-10-17(11-9-16)14(3)19/h12-13H,4-11H2,1-3H3. The van der Waals surface area contributed by atoms with Crippen molar-refractivity contribution in [3.8, 4) is 0 Å². The molecule has 2 aliphatic rings. The van der Waals surface area contributed by atoms with Gasteiger partial charge in [0, 0.05) is 46.2 Å². The fraction of sp³-hybridized carbons (Fsp3) is 0.867. The minimum absolute atomic E-state index is 0.0579. The summed E-state index contributed by atoms with van der Waals surface area (Å²) in [6, 6.07) is -0.0579. The van der Waals surface area contributed by atoms with Gasteiger partial charge in [-0.15, -0.1) is 0 Å². The van der Waals surface area contributed by atoms with E-state index >= 15 is 0 Å². The van der Waals surface area contributed by atoms with Gasteiger partial charge in [0.2, 0.25) is 11.8 Å². The summed E-state index contributed by atoms with van der Waals surface area (Å²) in [7, 11) is 0. The maximum Gasteiger partial charge on any atom is 0.239 e. The SMILES string of the molecule is CC(=O)N1CCN(C(C)C(=O)N2CCC(C)CC2)CC1. The third-order valence-electron chi connectivity index (χ3n) is 4.76. The summed E-state index contributed by atoms with van der Waals surface area (Å²) >= 11 is 0. The molecule has 2 saturated heterocycles. The van der Waals surface area contributed by atoms with Gasteiger partial charge in [-0.2, -0.15) is 0 Å². The maximum absolute atomic E-state index is 12.5. The van der Waals surface area contributed by atoms with E-state index in [0.29, 0.717) is 0 Å². The van der Waals surface area contributed by atoms with Crippen LogP contribution >= 0.6 is 0 Å². The van der Waals surface area contributed by atoms with Crippen LogP contribution < -0.4 is 0 Å². The van der Waals surface area contributed by atoms with Crippen molar-refractivity contribution in [1.29, 1.82) is 0 Å². The monoisotopic (exact) mass is 281 g/mol. The Hall–Kier alpha value is -1.10. The molecule has 2 heterocycles. The number of piperidine rings is 1. The molecule has 0 radical (unpaired) electrons. The first-order chi connectivity index (χ1) is 9.49. The van der Waals surface area contributed by atoms with Crippen molar-refractivity contribution in [3.05, 3.63) is 0 Å². The lowest BCUT2D eigenvalue weighted by Gasteiger charge is -2.40. The molecule has 0 aromatic heterocycles. The molecule has 2 fully saturated rings. The normalized spacial score (nSPS) is 23.8. The van der Waals surface area contributed by atoms with Gasteiger partial charge in [-0.05, 0) is 25.7 Å². The minimum atomic E-state index is -0.0579. The average Bonchev–Trinajstić information content (AvgIpc) is 2.46. The van der Waals surface area contributed by atoms with Gasteiger partial charge in [-0.3, -0.25) is 14.5 Å². The van der Waals surface area contributed by atoms with Crippen LogP contribution in [0.5, 0.6) is 0 Å². The first-order valence-corrected chi connectivity index (χ1v) is 7.77. The van der Waals surface area contributed by atoms with Gasteiger partial charge < -0.3 is 9.80 Å².